The van der Waals surface area contributed by atoms with Gasteiger partial charge in [-0.15, -0.1) is 0 Å². The molecule has 2 N–H and O–H groups in total. The van der Waals surface area contributed by atoms with Crippen molar-refractivity contribution in [3.8, 4) is 0 Å². The van der Waals surface area contributed by atoms with Crippen molar-refractivity contribution in [1.29, 1.82) is 0 Å². The van der Waals surface area contributed by atoms with Gasteiger partial charge in [0.1, 0.15) is 0 Å². The lowest BCUT2D eigenvalue weighted by molar-refractivity contribution is 0.146. The minimum absolute atomic E-state index is 0.287. The predicted octanol–water partition coefficient (Wildman–Crippen LogP) is 1.31. The molecule has 0 aromatic carbocycles. The van der Waals surface area contributed by atoms with Gasteiger partial charge in [-0.3, -0.25) is 4.90 Å². The van der Waals surface area contributed by atoms with Gasteiger partial charge in [0.2, 0.25) is 0 Å². The summed E-state index contributed by atoms with van der Waals surface area (Å²) in [4.78, 5) is 4.90. The monoisotopic (exact) mass is 237 g/mol. The van der Waals surface area contributed by atoms with Crippen molar-refractivity contribution in [2.75, 3.05) is 33.2 Å². The summed E-state index contributed by atoms with van der Waals surface area (Å²) >= 11 is 0. The molecular formula is C13H23N3O. The van der Waals surface area contributed by atoms with Crippen molar-refractivity contribution in [3.63, 3.8) is 0 Å². The van der Waals surface area contributed by atoms with Gasteiger partial charge in [0.15, 0.2) is 0 Å². The molecule has 2 atom stereocenters. The van der Waals surface area contributed by atoms with E-state index in [1.165, 1.54) is 18.5 Å². The first-order valence-corrected chi connectivity index (χ1v) is 6.39. The number of hydrogen-bond donors (Lipinski definition) is 1. The lowest BCUT2D eigenvalue weighted by Gasteiger charge is -2.34. The van der Waals surface area contributed by atoms with E-state index in [2.05, 4.69) is 23.8 Å². The zero-order valence-electron chi connectivity index (χ0n) is 10.8. The minimum atomic E-state index is 0.287. The van der Waals surface area contributed by atoms with Gasteiger partial charge < -0.3 is 15.1 Å². The van der Waals surface area contributed by atoms with Crippen LogP contribution < -0.4 is 5.73 Å². The maximum atomic E-state index is 5.95. The van der Waals surface area contributed by atoms with Crippen LogP contribution in [0, 0.1) is 0 Å². The van der Waals surface area contributed by atoms with E-state index in [1.54, 1.807) is 6.26 Å². The second-order valence-electron chi connectivity index (χ2n) is 5.01. The Morgan fingerprint density at radius 2 is 2.35 bits per heavy atom. The standard InChI is InChI=1S/C13H23N3O/c1-11-9-15(2)5-3-6-16(11)13(8-14)12-4-7-17-10-12/h4,7,10-11,13H,3,5-6,8-9,14H2,1-2H3. The van der Waals surface area contributed by atoms with Gasteiger partial charge in [0.25, 0.3) is 0 Å². The summed E-state index contributed by atoms with van der Waals surface area (Å²) in [5.41, 5.74) is 7.14. The van der Waals surface area contributed by atoms with Gasteiger partial charge in [-0.05, 0) is 33.0 Å². The number of hydrogen-bond acceptors (Lipinski definition) is 4. The minimum Gasteiger partial charge on any atom is -0.472 e. The molecule has 0 amide bonds. The highest BCUT2D eigenvalue weighted by Gasteiger charge is 2.27. The Bertz CT molecular complexity index is 325. The van der Waals surface area contributed by atoms with E-state index in [0.717, 1.165) is 13.1 Å². The van der Waals surface area contributed by atoms with Crippen LogP contribution in [0.4, 0.5) is 0 Å². The third kappa shape index (κ3) is 2.89. The van der Waals surface area contributed by atoms with E-state index in [4.69, 9.17) is 10.2 Å². The fourth-order valence-corrected chi connectivity index (χ4v) is 2.78. The van der Waals surface area contributed by atoms with Crippen LogP contribution in [0.2, 0.25) is 0 Å². The van der Waals surface area contributed by atoms with Crippen LogP contribution in [-0.4, -0.2) is 49.1 Å². The third-order valence-electron chi connectivity index (χ3n) is 3.65. The second-order valence-corrected chi connectivity index (χ2v) is 5.01. The molecule has 2 unspecified atom stereocenters. The summed E-state index contributed by atoms with van der Waals surface area (Å²) in [6.07, 6.45) is 4.75. The molecule has 4 nitrogen and oxygen atoms in total. The lowest BCUT2D eigenvalue weighted by Crippen LogP contribution is -2.42. The van der Waals surface area contributed by atoms with Crippen LogP contribution in [-0.2, 0) is 0 Å². The summed E-state index contributed by atoms with van der Waals surface area (Å²) in [6, 6.07) is 2.85. The van der Waals surface area contributed by atoms with Crippen LogP contribution >= 0.6 is 0 Å². The van der Waals surface area contributed by atoms with E-state index < -0.39 is 0 Å². The Morgan fingerprint density at radius 1 is 1.53 bits per heavy atom. The summed E-state index contributed by atoms with van der Waals surface area (Å²) in [5.74, 6) is 0. The van der Waals surface area contributed by atoms with Gasteiger partial charge in [-0.2, -0.15) is 0 Å². The highest BCUT2D eigenvalue weighted by atomic mass is 16.3. The average Bonchev–Trinajstić information content (AvgIpc) is 2.75. The zero-order chi connectivity index (χ0) is 12.3. The first-order valence-electron chi connectivity index (χ1n) is 6.39. The van der Waals surface area contributed by atoms with Gasteiger partial charge in [0.05, 0.1) is 18.6 Å². The highest BCUT2D eigenvalue weighted by molar-refractivity contribution is 5.13. The van der Waals surface area contributed by atoms with Crippen LogP contribution in [0.15, 0.2) is 23.0 Å². The van der Waals surface area contributed by atoms with Crippen LogP contribution in [0.25, 0.3) is 0 Å². The van der Waals surface area contributed by atoms with E-state index >= 15 is 0 Å². The Kier molecular flexibility index (Phi) is 4.20. The number of rotatable bonds is 3. The predicted molar refractivity (Wildman–Crippen MR) is 68.8 cm³/mol. The number of nitrogens with zero attached hydrogens (tertiary/aromatic N) is 2. The molecule has 1 aromatic rings. The summed E-state index contributed by atoms with van der Waals surface area (Å²) in [6.45, 7) is 6.31. The van der Waals surface area contributed by atoms with Crippen molar-refractivity contribution >= 4 is 0 Å². The molecule has 17 heavy (non-hydrogen) atoms. The highest BCUT2D eigenvalue weighted by Crippen LogP contribution is 2.24. The zero-order valence-corrected chi connectivity index (χ0v) is 10.8. The largest absolute Gasteiger partial charge is 0.472 e. The maximum absolute atomic E-state index is 5.95. The summed E-state index contributed by atoms with van der Waals surface area (Å²) in [7, 11) is 2.19. The van der Waals surface area contributed by atoms with E-state index in [9.17, 15) is 0 Å². The molecule has 0 bridgehead atoms. The molecule has 1 aliphatic rings. The van der Waals surface area contributed by atoms with Crippen LogP contribution in [0.5, 0.6) is 0 Å². The third-order valence-corrected chi connectivity index (χ3v) is 3.65. The fraction of sp³-hybridized carbons (Fsp3) is 0.692. The van der Waals surface area contributed by atoms with E-state index in [0.29, 0.717) is 12.6 Å². The number of likely N-dealkylation sites (N-methyl/N-ethyl adjacent to an activating group) is 1. The first kappa shape index (κ1) is 12.6. The molecule has 0 radical (unpaired) electrons. The SMILES string of the molecule is CC1CN(C)CCCN1C(CN)c1ccoc1. The fourth-order valence-electron chi connectivity index (χ4n) is 2.78. The quantitative estimate of drug-likeness (QED) is 0.861. The molecule has 2 heterocycles. The van der Waals surface area contributed by atoms with Crippen LogP contribution in [0.3, 0.4) is 0 Å². The van der Waals surface area contributed by atoms with Crippen molar-refractivity contribution in [1.82, 2.24) is 9.80 Å². The van der Waals surface area contributed by atoms with Crippen LogP contribution in [0.1, 0.15) is 24.9 Å². The molecule has 0 aliphatic carbocycles. The maximum Gasteiger partial charge on any atom is 0.0950 e. The number of furan rings is 1. The molecule has 0 spiro atoms. The molecule has 1 aromatic heterocycles. The van der Waals surface area contributed by atoms with Crippen molar-refractivity contribution < 1.29 is 4.42 Å². The molecule has 0 saturated carbocycles. The topological polar surface area (TPSA) is 45.6 Å². The lowest BCUT2D eigenvalue weighted by atomic mass is 10.1. The normalized spacial score (nSPS) is 25.7. The summed E-state index contributed by atoms with van der Waals surface area (Å²) < 4.78 is 5.18. The summed E-state index contributed by atoms with van der Waals surface area (Å²) in [5, 5.41) is 0. The van der Waals surface area contributed by atoms with Gasteiger partial charge in [0, 0.05) is 31.2 Å². The van der Waals surface area contributed by atoms with Crippen molar-refractivity contribution in [3.05, 3.63) is 24.2 Å². The molecule has 96 valence electrons. The average molecular weight is 237 g/mol. The first-order chi connectivity index (χ1) is 8.22. The van der Waals surface area contributed by atoms with Gasteiger partial charge in [-0.25, -0.2) is 0 Å². The molecule has 1 saturated heterocycles. The number of nitrogens with two attached hydrogens (primary N) is 1. The molecule has 1 aliphatic heterocycles. The van der Waals surface area contributed by atoms with Gasteiger partial charge in [-0.1, -0.05) is 0 Å². The Hall–Kier alpha value is -0.840. The van der Waals surface area contributed by atoms with E-state index in [-0.39, 0.29) is 6.04 Å². The molecule has 4 heteroatoms. The smallest absolute Gasteiger partial charge is 0.0950 e. The molecule has 2 rings (SSSR count). The van der Waals surface area contributed by atoms with Crippen molar-refractivity contribution in [2.45, 2.75) is 25.4 Å². The van der Waals surface area contributed by atoms with E-state index in [1.807, 2.05) is 12.3 Å². The Balaban J connectivity index is 2.13. The van der Waals surface area contributed by atoms with Gasteiger partial charge >= 0.3 is 0 Å². The second kappa shape index (κ2) is 5.67. The molecular weight excluding hydrogens is 214 g/mol. The molecule has 1 fully saturated rings. The Morgan fingerprint density at radius 3 is 3.00 bits per heavy atom. The van der Waals surface area contributed by atoms with Crippen molar-refractivity contribution in [2.24, 2.45) is 5.73 Å². The Labute approximate surface area is 103 Å².